The fraction of sp³-hybridized carbons (Fsp3) is 0.0952. The number of nitrogens with one attached hydrogen (secondary N) is 1. The summed E-state index contributed by atoms with van der Waals surface area (Å²) in [5.74, 6) is -0.328. The van der Waals surface area contributed by atoms with Crippen LogP contribution in [0.25, 0.3) is 43.2 Å². The zero-order chi connectivity index (χ0) is 16.4. The van der Waals surface area contributed by atoms with Gasteiger partial charge in [-0.05, 0) is 50.9 Å². The lowest BCUT2D eigenvalue weighted by Gasteiger charge is -2.11. The number of esters is 1. The number of carbonyl (C=O) groups excluding carboxylic acids is 1. The normalized spacial score (nSPS) is 11.9. The van der Waals surface area contributed by atoms with Crippen molar-refractivity contribution in [1.82, 2.24) is 4.98 Å². The van der Waals surface area contributed by atoms with Gasteiger partial charge in [0.25, 0.3) is 0 Å². The maximum atomic E-state index is 12.0. The highest BCUT2D eigenvalue weighted by Crippen LogP contribution is 2.39. The number of hydrogen-bond acceptors (Lipinski definition) is 2. The van der Waals surface area contributed by atoms with Crippen molar-refractivity contribution in [2.24, 2.45) is 0 Å². The third-order valence-corrected chi connectivity index (χ3v) is 5.05. The molecule has 0 spiro atoms. The zero-order valence-corrected chi connectivity index (χ0v) is 13.4. The van der Waals surface area contributed by atoms with Crippen LogP contribution in [0.5, 0.6) is 0 Å². The molecule has 0 aliphatic rings. The van der Waals surface area contributed by atoms with E-state index in [2.05, 4.69) is 53.5 Å². The molecule has 0 fully saturated rings. The molecule has 1 N–H and O–H groups in total. The molecule has 0 aliphatic heterocycles. The summed E-state index contributed by atoms with van der Waals surface area (Å²) >= 11 is 0. The van der Waals surface area contributed by atoms with Gasteiger partial charge in [0.15, 0.2) is 0 Å². The van der Waals surface area contributed by atoms with Crippen molar-refractivity contribution in [3.63, 3.8) is 0 Å². The molecule has 4 aromatic carbocycles. The summed E-state index contributed by atoms with van der Waals surface area (Å²) in [6.45, 7) is 1.97. The molecular formula is C21H15NO2. The third kappa shape index (κ3) is 1.54. The number of aromatic amines is 1. The van der Waals surface area contributed by atoms with Gasteiger partial charge in [0, 0.05) is 10.9 Å². The molecule has 24 heavy (non-hydrogen) atoms. The Morgan fingerprint density at radius 2 is 1.62 bits per heavy atom. The number of H-pyrrole nitrogens is 1. The topological polar surface area (TPSA) is 42.1 Å². The van der Waals surface area contributed by atoms with Gasteiger partial charge in [-0.1, -0.05) is 42.5 Å². The molecule has 116 valence electrons. The summed E-state index contributed by atoms with van der Waals surface area (Å²) in [6.07, 6.45) is 0. The van der Waals surface area contributed by atoms with Crippen LogP contribution < -0.4 is 0 Å². The lowest BCUT2D eigenvalue weighted by Crippen LogP contribution is -2.02. The highest BCUT2D eigenvalue weighted by molar-refractivity contribution is 6.29. The van der Waals surface area contributed by atoms with Crippen molar-refractivity contribution in [3.05, 3.63) is 59.8 Å². The molecule has 3 nitrogen and oxygen atoms in total. The Bertz CT molecular complexity index is 1250. The van der Waals surface area contributed by atoms with E-state index in [-0.39, 0.29) is 5.97 Å². The van der Waals surface area contributed by atoms with E-state index in [9.17, 15) is 4.79 Å². The van der Waals surface area contributed by atoms with Crippen molar-refractivity contribution in [1.29, 1.82) is 0 Å². The van der Waals surface area contributed by atoms with E-state index in [0.29, 0.717) is 5.69 Å². The molecular weight excluding hydrogens is 298 g/mol. The van der Waals surface area contributed by atoms with E-state index in [1.54, 1.807) is 0 Å². The maximum Gasteiger partial charge on any atom is 0.354 e. The minimum absolute atomic E-state index is 0.328. The predicted octanol–water partition coefficient (Wildman–Crippen LogP) is 5.16. The molecule has 0 unspecified atom stereocenters. The second-order valence-electron chi connectivity index (χ2n) is 6.27. The molecule has 5 rings (SSSR count). The number of carbonyl (C=O) groups is 1. The van der Waals surface area contributed by atoms with Crippen LogP contribution in [0.15, 0.2) is 48.5 Å². The van der Waals surface area contributed by atoms with Crippen LogP contribution in [0.2, 0.25) is 0 Å². The first-order chi connectivity index (χ1) is 11.7. The molecule has 1 heterocycles. The molecule has 0 amide bonds. The van der Waals surface area contributed by atoms with E-state index in [0.717, 1.165) is 16.5 Å². The zero-order valence-electron chi connectivity index (χ0n) is 13.4. The molecule has 0 aliphatic carbocycles. The Kier molecular flexibility index (Phi) is 2.50. The van der Waals surface area contributed by atoms with E-state index < -0.39 is 0 Å². The van der Waals surface area contributed by atoms with Crippen molar-refractivity contribution in [3.8, 4) is 0 Å². The molecule has 0 atom stereocenters. The highest BCUT2D eigenvalue weighted by atomic mass is 16.5. The molecule has 0 bridgehead atoms. The third-order valence-electron chi connectivity index (χ3n) is 5.05. The number of aromatic nitrogens is 1. The summed E-state index contributed by atoms with van der Waals surface area (Å²) in [4.78, 5) is 15.3. The van der Waals surface area contributed by atoms with Crippen molar-refractivity contribution in [2.45, 2.75) is 6.92 Å². The van der Waals surface area contributed by atoms with Gasteiger partial charge in [-0.25, -0.2) is 4.79 Å². The van der Waals surface area contributed by atoms with Crippen molar-refractivity contribution in [2.75, 3.05) is 7.11 Å². The molecule has 0 saturated heterocycles. The van der Waals surface area contributed by atoms with Gasteiger partial charge in [-0.3, -0.25) is 0 Å². The summed E-state index contributed by atoms with van der Waals surface area (Å²) in [7, 11) is 1.41. The summed E-state index contributed by atoms with van der Waals surface area (Å²) in [5, 5.41) is 8.49. The van der Waals surface area contributed by atoms with Crippen LogP contribution in [0, 0.1) is 6.92 Å². The van der Waals surface area contributed by atoms with E-state index >= 15 is 0 Å². The van der Waals surface area contributed by atoms with Crippen LogP contribution in [0.3, 0.4) is 0 Å². The summed E-state index contributed by atoms with van der Waals surface area (Å²) < 4.78 is 4.91. The fourth-order valence-corrected chi connectivity index (χ4v) is 3.97. The Morgan fingerprint density at radius 1 is 0.917 bits per heavy atom. The smallest absolute Gasteiger partial charge is 0.354 e. The van der Waals surface area contributed by atoms with Gasteiger partial charge in [0.2, 0.25) is 0 Å². The quantitative estimate of drug-likeness (QED) is 0.343. The molecule has 3 heteroatoms. The lowest BCUT2D eigenvalue weighted by atomic mass is 9.92. The highest BCUT2D eigenvalue weighted by Gasteiger charge is 2.19. The SMILES string of the molecule is COC(=O)c1[nH]c2cc3ccc4cccc5ccc(c2c1C)c3c45. The summed E-state index contributed by atoms with van der Waals surface area (Å²) in [6, 6.07) is 17.1. The van der Waals surface area contributed by atoms with Gasteiger partial charge in [0.05, 0.1) is 7.11 Å². The van der Waals surface area contributed by atoms with E-state index in [4.69, 9.17) is 4.74 Å². The fourth-order valence-electron chi connectivity index (χ4n) is 3.97. The van der Waals surface area contributed by atoms with E-state index in [1.165, 1.54) is 39.4 Å². The minimum atomic E-state index is -0.328. The van der Waals surface area contributed by atoms with Crippen LogP contribution in [-0.4, -0.2) is 18.1 Å². The number of aryl methyl sites for hydroxylation is 1. The van der Waals surface area contributed by atoms with Crippen LogP contribution in [0.4, 0.5) is 0 Å². The lowest BCUT2D eigenvalue weighted by molar-refractivity contribution is 0.0594. The van der Waals surface area contributed by atoms with Gasteiger partial charge in [-0.2, -0.15) is 0 Å². The first-order valence-corrected chi connectivity index (χ1v) is 7.96. The second-order valence-corrected chi connectivity index (χ2v) is 6.27. The number of methoxy groups -OCH3 is 1. The maximum absolute atomic E-state index is 12.0. The Morgan fingerprint density at radius 3 is 2.38 bits per heavy atom. The number of hydrogen-bond donors (Lipinski definition) is 1. The monoisotopic (exact) mass is 313 g/mol. The number of fused-ring (bicyclic) bond motifs is 2. The average molecular weight is 313 g/mol. The summed E-state index contributed by atoms with van der Waals surface area (Å²) in [5.41, 5.74) is 2.44. The Labute approximate surface area is 138 Å². The molecule has 5 aromatic rings. The van der Waals surface area contributed by atoms with Gasteiger partial charge >= 0.3 is 5.97 Å². The standard InChI is InChI=1S/C21H15NO2/c1-11-17-15-9-8-13-5-3-4-12-6-7-14(19(15)18(12)13)10-16(17)22-20(11)21(23)24-2/h3-10,22H,1-2H3. The number of ether oxygens (including phenoxy) is 1. The molecule has 0 saturated carbocycles. The largest absolute Gasteiger partial charge is 0.464 e. The average Bonchev–Trinajstić information content (AvgIpc) is 2.95. The number of benzene rings is 4. The second kappa shape index (κ2) is 4.48. The van der Waals surface area contributed by atoms with Gasteiger partial charge in [-0.15, -0.1) is 0 Å². The van der Waals surface area contributed by atoms with Gasteiger partial charge in [0.1, 0.15) is 5.69 Å². The minimum Gasteiger partial charge on any atom is -0.464 e. The van der Waals surface area contributed by atoms with Gasteiger partial charge < -0.3 is 9.72 Å². The van der Waals surface area contributed by atoms with E-state index in [1.807, 2.05) is 6.92 Å². The number of rotatable bonds is 1. The Hall–Kier alpha value is -3.07. The first kappa shape index (κ1) is 13.4. The van der Waals surface area contributed by atoms with Crippen LogP contribution in [0.1, 0.15) is 16.1 Å². The van der Waals surface area contributed by atoms with Crippen LogP contribution >= 0.6 is 0 Å². The molecule has 0 radical (unpaired) electrons. The Balaban J connectivity index is 2.06. The first-order valence-electron chi connectivity index (χ1n) is 7.96. The van der Waals surface area contributed by atoms with Crippen LogP contribution in [-0.2, 0) is 4.74 Å². The van der Waals surface area contributed by atoms with Crippen molar-refractivity contribution < 1.29 is 9.53 Å². The molecule has 1 aromatic heterocycles. The predicted molar refractivity (Wildman–Crippen MR) is 98.1 cm³/mol. The van der Waals surface area contributed by atoms with Crippen molar-refractivity contribution >= 4 is 49.2 Å².